The highest BCUT2D eigenvalue weighted by Gasteiger charge is 2.17. The number of aromatic nitrogens is 1. The first-order valence-electron chi connectivity index (χ1n) is 5.74. The second kappa shape index (κ2) is 4.72. The van der Waals surface area contributed by atoms with Crippen LogP contribution in [0.4, 0.5) is 0 Å². The maximum atomic E-state index is 5.48. The first-order valence-corrected chi connectivity index (χ1v) is 5.74. The zero-order chi connectivity index (χ0) is 13.3. The second-order valence-electron chi connectivity index (χ2n) is 4.24. The molecule has 2 aromatic rings. The molecule has 0 amide bonds. The highest BCUT2D eigenvalue weighted by atomic mass is 16.5. The normalized spacial score (nSPS) is 10.5. The molecule has 0 spiro atoms. The first kappa shape index (κ1) is 12.5. The molecule has 0 N–H and O–H groups in total. The van der Waals surface area contributed by atoms with Crippen LogP contribution in [-0.2, 0) is 0 Å². The standard InChI is InChI=1S/C14H17NO3/c1-8-6-13(18-15-8)11-7-12(16-4)9(2)10(3)14(11)17-5/h6-7H,1-5H3. The van der Waals surface area contributed by atoms with Crippen LogP contribution in [0.3, 0.4) is 0 Å². The Morgan fingerprint density at radius 2 is 1.72 bits per heavy atom. The monoisotopic (exact) mass is 247 g/mol. The number of hydrogen-bond acceptors (Lipinski definition) is 4. The van der Waals surface area contributed by atoms with Crippen LogP contribution in [0.25, 0.3) is 11.3 Å². The second-order valence-corrected chi connectivity index (χ2v) is 4.24. The number of methoxy groups -OCH3 is 2. The zero-order valence-electron chi connectivity index (χ0n) is 11.3. The number of aryl methyl sites for hydroxylation is 1. The summed E-state index contributed by atoms with van der Waals surface area (Å²) < 4.78 is 16.2. The molecule has 0 aliphatic heterocycles. The minimum atomic E-state index is 0.686. The number of rotatable bonds is 3. The van der Waals surface area contributed by atoms with Crippen molar-refractivity contribution in [2.45, 2.75) is 20.8 Å². The lowest BCUT2D eigenvalue weighted by Gasteiger charge is -2.15. The molecular weight excluding hydrogens is 230 g/mol. The van der Waals surface area contributed by atoms with Crippen molar-refractivity contribution in [3.8, 4) is 22.8 Å². The quantitative estimate of drug-likeness (QED) is 0.834. The van der Waals surface area contributed by atoms with Gasteiger partial charge in [0.05, 0.1) is 25.5 Å². The summed E-state index contributed by atoms with van der Waals surface area (Å²) >= 11 is 0. The molecule has 1 heterocycles. The van der Waals surface area contributed by atoms with Crippen molar-refractivity contribution in [1.29, 1.82) is 0 Å². The van der Waals surface area contributed by atoms with Gasteiger partial charge in [0.1, 0.15) is 11.5 Å². The Morgan fingerprint density at radius 1 is 1.00 bits per heavy atom. The van der Waals surface area contributed by atoms with Crippen LogP contribution in [-0.4, -0.2) is 19.4 Å². The number of nitrogens with zero attached hydrogens (tertiary/aromatic N) is 1. The first-order chi connectivity index (χ1) is 8.58. The largest absolute Gasteiger partial charge is 0.496 e. The molecule has 2 rings (SSSR count). The third kappa shape index (κ3) is 1.94. The van der Waals surface area contributed by atoms with Gasteiger partial charge in [0.25, 0.3) is 0 Å². The maximum Gasteiger partial charge on any atom is 0.170 e. The minimum absolute atomic E-state index is 0.686. The van der Waals surface area contributed by atoms with Crippen LogP contribution in [0.5, 0.6) is 11.5 Å². The Labute approximate surface area is 107 Å². The van der Waals surface area contributed by atoms with Crippen molar-refractivity contribution >= 4 is 0 Å². The summed E-state index contributed by atoms with van der Waals surface area (Å²) in [4.78, 5) is 0. The molecule has 0 atom stereocenters. The molecule has 18 heavy (non-hydrogen) atoms. The summed E-state index contributed by atoms with van der Waals surface area (Å²) in [7, 11) is 3.31. The zero-order valence-corrected chi connectivity index (χ0v) is 11.3. The fraction of sp³-hybridized carbons (Fsp3) is 0.357. The lowest BCUT2D eigenvalue weighted by atomic mass is 10.0. The fourth-order valence-electron chi connectivity index (χ4n) is 2.01. The average molecular weight is 247 g/mol. The van der Waals surface area contributed by atoms with E-state index in [0.29, 0.717) is 5.76 Å². The molecule has 0 fully saturated rings. The molecule has 1 aromatic heterocycles. The van der Waals surface area contributed by atoms with Crippen LogP contribution < -0.4 is 9.47 Å². The Kier molecular flexibility index (Phi) is 3.28. The van der Waals surface area contributed by atoms with Crippen LogP contribution >= 0.6 is 0 Å². The molecule has 0 saturated heterocycles. The molecule has 0 radical (unpaired) electrons. The van der Waals surface area contributed by atoms with Gasteiger partial charge in [0, 0.05) is 6.07 Å². The van der Waals surface area contributed by atoms with E-state index in [1.54, 1.807) is 14.2 Å². The van der Waals surface area contributed by atoms with Crippen molar-refractivity contribution in [1.82, 2.24) is 5.16 Å². The molecular formula is C14H17NO3. The van der Waals surface area contributed by atoms with Gasteiger partial charge < -0.3 is 14.0 Å². The predicted octanol–water partition coefficient (Wildman–Crippen LogP) is 3.28. The number of hydrogen-bond donors (Lipinski definition) is 0. The van der Waals surface area contributed by atoms with E-state index in [-0.39, 0.29) is 0 Å². The smallest absolute Gasteiger partial charge is 0.170 e. The van der Waals surface area contributed by atoms with Gasteiger partial charge in [-0.15, -0.1) is 0 Å². The SMILES string of the molecule is COc1cc(-c2cc(C)no2)c(OC)c(C)c1C. The van der Waals surface area contributed by atoms with E-state index in [0.717, 1.165) is 33.9 Å². The number of ether oxygens (including phenoxy) is 2. The average Bonchev–Trinajstić information content (AvgIpc) is 2.79. The minimum Gasteiger partial charge on any atom is -0.496 e. The molecule has 0 unspecified atom stereocenters. The van der Waals surface area contributed by atoms with E-state index < -0.39 is 0 Å². The van der Waals surface area contributed by atoms with Gasteiger partial charge in [-0.05, 0) is 38.0 Å². The van der Waals surface area contributed by atoms with E-state index >= 15 is 0 Å². The summed E-state index contributed by atoms with van der Waals surface area (Å²) in [6, 6.07) is 3.80. The number of benzene rings is 1. The van der Waals surface area contributed by atoms with Gasteiger partial charge >= 0.3 is 0 Å². The van der Waals surface area contributed by atoms with E-state index in [9.17, 15) is 0 Å². The van der Waals surface area contributed by atoms with Crippen LogP contribution in [0.2, 0.25) is 0 Å². The van der Waals surface area contributed by atoms with E-state index in [1.165, 1.54) is 0 Å². The molecule has 0 saturated carbocycles. The van der Waals surface area contributed by atoms with Gasteiger partial charge in [-0.2, -0.15) is 0 Å². The van der Waals surface area contributed by atoms with Crippen LogP contribution in [0.15, 0.2) is 16.7 Å². The fourth-order valence-corrected chi connectivity index (χ4v) is 2.01. The van der Waals surface area contributed by atoms with Crippen molar-refractivity contribution < 1.29 is 14.0 Å². The third-order valence-corrected chi connectivity index (χ3v) is 3.11. The maximum absolute atomic E-state index is 5.48. The molecule has 96 valence electrons. The Hall–Kier alpha value is -1.97. The summed E-state index contributed by atoms with van der Waals surface area (Å²) in [5.41, 5.74) is 3.80. The van der Waals surface area contributed by atoms with Crippen molar-refractivity contribution in [3.05, 3.63) is 29.0 Å². The van der Waals surface area contributed by atoms with Gasteiger partial charge in [0.15, 0.2) is 5.76 Å². The van der Waals surface area contributed by atoms with Crippen molar-refractivity contribution in [2.24, 2.45) is 0 Å². The van der Waals surface area contributed by atoms with E-state index in [2.05, 4.69) is 5.16 Å². The molecule has 0 aliphatic carbocycles. The van der Waals surface area contributed by atoms with E-state index in [4.69, 9.17) is 14.0 Å². The van der Waals surface area contributed by atoms with Gasteiger partial charge in [0.2, 0.25) is 0 Å². The topological polar surface area (TPSA) is 44.5 Å². The van der Waals surface area contributed by atoms with Crippen LogP contribution in [0, 0.1) is 20.8 Å². The Morgan fingerprint density at radius 3 is 2.22 bits per heavy atom. The molecule has 1 aromatic carbocycles. The highest BCUT2D eigenvalue weighted by Crippen LogP contribution is 2.39. The Bertz CT molecular complexity index is 573. The summed E-state index contributed by atoms with van der Waals surface area (Å²) in [6.45, 7) is 5.90. The Balaban J connectivity index is 2.69. The molecule has 4 heteroatoms. The van der Waals surface area contributed by atoms with E-state index in [1.807, 2.05) is 32.9 Å². The lowest BCUT2D eigenvalue weighted by molar-refractivity contribution is 0.392. The van der Waals surface area contributed by atoms with Gasteiger partial charge in [-0.1, -0.05) is 5.16 Å². The van der Waals surface area contributed by atoms with Crippen molar-refractivity contribution in [2.75, 3.05) is 14.2 Å². The third-order valence-electron chi connectivity index (χ3n) is 3.11. The molecule has 0 aliphatic rings. The van der Waals surface area contributed by atoms with Crippen LogP contribution in [0.1, 0.15) is 16.8 Å². The summed E-state index contributed by atoms with van der Waals surface area (Å²) in [5, 5.41) is 3.90. The molecule has 4 nitrogen and oxygen atoms in total. The molecule has 0 bridgehead atoms. The summed E-state index contributed by atoms with van der Waals surface area (Å²) in [5.74, 6) is 2.30. The predicted molar refractivity (Wildman–Crippen MR) is 69.3 cm³/mol. The van der Waals surface area contributed by atoms with Gasteiger partial charge in [-0.25, -0.2) is 0 Å². The van der Waals surface area contributed by atoms with Gasteiger partial charge in [-0.3, -0.25) is 0 Å². The highest BCUT2D eigenvalue weighted by molar-refractivity contribution is 5.72. The van der Waals surface area contributed by atoms with Crippen molar-refractivity contribution in [3.63, 3.8) is 0 Å². The summed E-state index contributed by atoms with van der Waals surface area (Å²) in [6.07, 6.45) is 0. The lowest BCUT2D eigenvalue weighted by Crippen LogP contribution is -1.97.